The Morgan fingerprint density at radius 3 is 2.75 bits per heavy atom. The Labute approximate surface area is 115 Å². The molecule has 0 spiro atoms. The van der Waals surface area contributed by atoms with Gasteiger partial charge in [-0.1, -0.05) is 12.7 Å². The van der Waals surface area contributed by atoms with E-state index in [0.717, 1.165) is 27.2 Å². The third-order valence-corrected chi connectivity index (χ3v) is 3.80. The van der Waals surface area contributed by atoms with Gasteiger partial charge in [-0.05, 0) is 9.39 Å². The van der Waals surface area contributed by atoms with Gasteiger partial charge in [0.1, 0.15) is 12.2 Å². The molecule has 1 aromatic rings. The SMILES string of the molecule is C=C[C@@]1(O)[C@H](O)[C@@H](CO)O[C@H]1n1ccc(=O)n(P)c1=O. The van der Waals surface area contributed by atoms with Crippen LogP contribution >= 0.6 is 9.39 Å². The minimum Gasteiger partial charge on any atom is -0.394 e. The molecule has 8 nitrogen and oxygen atoms in total. The molecule has 0 amide bonds. The summed E-state index contributed by atoms with van der Waals surface area (Å²) >= 11 is 0. The first-order chi connectivity index (χ1) is 9.36. The molecule has 0 bridgehead atoms. The van der Waals surface area contributed by atoms with Crippen LogP contribution < -0.4 is 11.2 Å². The predicted octanol–water partition coefficient (Wildman–Crippen LogP) is -2.18. The van der Waals surface area contributed by atoms with E-state index in [-0.39, 0.29) is 0 Å². The average Bonchev–Trinajstić information content (AvgIpc) is 2.70. The summed E-state index contributed by atoms with van der Waals surface area (Å²) in [5, 5.41) is 29.5. The van der Waals surface area contributed by atoms with E-state index in [1.807, 2.05) is 9.39 Å². The topological polar surface area (TPSA) is 114 Å². The molecule has 0 saturated carbocycles. The van der Waals surface area contributed by atoms with E-state index in [9.17, 15) is 19.8 Å². The molecule has 2 heterocycles. The first-order valence-corrected chi connectivity index (χ1v) is 6.28. The van der Waals surface area contributed by atoms with Gasteiger partial charge in [-0.25, -0.2) is 9.13 Å². The molecular weight excluding hydrogens is 287 g/mol. The van der Waals surface area contributed by atoms with E-state index >= 15 is 0 Å². The van der Waals surface area contributed by atoms with Gasteiger partial charge in [0.2, 0.25) is 0 Å². The van der Waals surface area contributed by atoms with Gasteiger partial charge in [0.25, 0.3) is 5.56 Å². The van der Waals surface area contributed by atoms with Crippen molar-refractivity contribution >= 4 is 9.39 Å². The van der Waals surface area contributed by atoms with Gasteiger partial charge in [-0.15, -0.1) is 0 Å². The highest BCUT2D eigenvalue weighted by atomic mass is 31.0. The molecular formula is C11H15N2O6P. The van der Waals surface area contributed by atoms with Crippen LogP contribution in [-0.4, -0.2) is 48.6 Å². The van der Waals surface area contributed by atoms with Crippen LogP contribution in [0.5, 0.6) is 0 Å². The van der Waals surface area contributed by atoms with Crippen molar-refractivity contribution in [3.63, 3.8) is 0 Å². The highest BCUT2D eigenvalue weighted by Gasteiger charge is 2.54. The van der Waals surface area contributed by atoms with Crippen molar-refractivity contribution in [3.05, 3.63) is 45.8 Å². The summed E-state index contributed by atoms with van der Waals surface area (Å²) < 4.78 is 7.02. The van der Waals surface area contributed by atoms with Gasteiger partial charge < -0.3 is 20.1 Å². The number of aliphatic hydroxyl groups excluding tert-OH is 2. The van der Waals surface area contributed by atoms with Crippen molar-refractivity contribution in [3.8, 4) is 0 Å². The van der Waals surface area contributed by atoms with Crippen LogP contribution in [0.3, 0.4) is 0 Å². The first kappa shape index (κ1) is 15.1. The molecule has 110 valence electrons. The number of aromatic nitrogens is 2. The molecule has 5 atom stereocenters. The normalized spacial score (nSPS) is 33.3. The van der Waals surface area contributed by atoms with Crippen molar-refractivity contribution in [1.29, 1.82) is 0 Å². The zero-order valence-corrected chi connectivity index (χ0v) is 11.6. The van der Waals surface area contributed by atoms with Crippen molar-refractivity contribution in [1.82, 2.24) is 8.90 Å². The van der Waals surface area contributed by atoms with Crippen LogP contribution in [0.1, 0.15) is 6.23 Å². The number of aliphatic hydroxyl groups is 3. The Balaban J connectivity index is 2.57. The highest BCUT2D eigenvalue weighted by Crippen LogP contribution is 2.38. The number of rotatable bonds is 3. The third-order valence-electron chi connectivity index (χ3n) is 3.33. The second kappa shape index (κ2) is 5.23. The molecule has 20 heavy (non-hydrogen) atoms. The average molecular weight is 302 g/mol. The molecule has 1 unspecified atom stereocenters. The first-order valence-electron chi connectivity index (χ1n) is 5.76. The maximum Gasteiger partial charge on any atom is 0.336 e. The summed E-state index contributed by atoms with van der Waals surface area (Å²) in [6.45, 7) is 2.88. The van der Waals surface area contributed by atoms with E-state index in [4.69, 9.17) is 9.84 Å². The summed E-state index contributed by atoms with van der Waals surface area (Å²) in [6.07, 6.45) is -1.63. The fourth-order valence-electron chi connectivity index (χ4n) is 2.13. The van der Waals surface area contributed by atoms with Crippen molar-refractivity contribution in [2.24, 2.45) is 0 Å². The summed E-state index contributed by atoms with van der Waals surface area (Å²) in [6, 6.07) is 1.11. The van der Waals surface area contributed by atoms with Crippen LogP contribution in [0.4, 0.5) is 0 Å². The fraction of sp³-hybridized carbons (Fsp3) is 0.455. The lowest BCUT2D eigenvalue weighted by Crippen LogP contribution is -2.48. The fourth-order valence-corrected chi connectivity index (χ4v) is 2.35. The largest absolute Gasteiger partial charge is 0.394 e. The van der Waals surface area contributed by atoms with Crippen LogP contribution in [-0.2, 0) is 4.74 Å². The molecule has 1 saturated heterocycles. The van der Waals surface area contributed by atoms with E-state index in [0.29, 0.717) is 0 Å². The van der Waals surface area contributed by atoms with Crippen LogP contribution in [0.25, 0.3) is 0 Å². The molecule has 2 rings (SSSR count). The second-order valence-corrected chi connectivity index (χ2v) is 4.98. The van der Waals surface area contributed by atoms with Gasteiger partial charge in [-0.3, -0.25) is 9.36 Å². The van der Waals surface area contributed by atoms with Crippen molar-refractivity contribution < 1.29 is 20.1 Å². The molecule has 1 aliphatic heterocycles. The highest BCUT2D eigenvalue weighted by molar-refractivity contribution is 7.14. The van der Waals surface area contributed by atoms with Crippen LogP contribution in [0, 0.1) is 0 Å². The molecule has 1 aliphatic rings. The molecule has 0 radical (unpaired) electrons. The van der Waals surface area contributed by atoms with E-state index < -0.39 is 41.9 Å². The van der Waals surface area contributed by atoms with Crippen molar-refractivity contribution in [2.75, 3.05) is 6.61 Å². The Hall–Kier alpha value is -1.31. The van der Waals surface area contributed by atoms with Crippen molar-refractivity contribution in [2.45, 2.75) is 24.0 Å². The van der Waals surface area contributed by atoms with E-state index in [2.05, 4.69) is 6.58 Å². The van der Waals surface area contributed by atoms with Gasteiger partial charge in [0.15, 0.2) is 11.8 Å². The molecule has 3 N–H and O–H groups in total. The molecule has 9 heteroatoms. The minimum atomic E-state index is -1.96. The van der Waals surface area contributed by atoms with Crippen LogP contribution in [0.15, 0.2) is 34.5 Å². The lowest BCUT2D eigenvalue weighted by Gasteiger charge is -2.28. The molecule has 0 aliphatic carbocycles. The minimum absolute atomic E-state index is 0.539. The zero-order valence-electron chi connectivity index (χ0n) is 10.4. The van der Waals surface area contributed by atoms with Gasteiger partial charge in [-0.2, -0.15) is 0 Å². The molecule has 1 aromatic heterocycles. The lowest BCUT2D eigenvalue weighted by molar-refractivity contribution is -0.0814. The van der Waals surface area contributed by atoms with Gasteiger partial charge in [0.05, 0.1) is 6.61 Å². The Kier molecular flexibility index (Phi) is 3.95. The number of hydrogen-bond donors (Lipinski definition) is 3. The Morgan fingerprint density at radius 2 is 2.20 bits per heavy atom. The molecule has 0 aromatic carbocycles. The Bertz CT molecular complexity index is 641. The van der Waals surface area contributed by atoms with E-state index in [1.54, 1.807) is 0 Å². The summed E-state index contributed by atoms with van der Waals surface area (Å²) in [5.41, 5.74) is -3.26. The predicted molar refractivity (Wildman–Crippen MR) is 72.2 cm³/mol. The number of hydrogen-bond acceptors (Lipinski definition) is 6. The van der Waals surface area contributed by atoms with Gasteiger partial charge in [0, 0.05) is 12.3 Å². The number of ether oxygens (including phenoxy) is 1. The maximum atomic E-state index is 12.0. The zero-order chi connectivity index (χ0) is 15.1. The molecule has 1 fully saturated rings. The summed E-state index contributed by atoms with van der Waals surface area (Å²) in [5.74, 6) is 0. The standard InChI is InChI=1S/C11H15N2O6P/c1-2-11(18)8(16)6(5-14)19-9(11)12-4-3-7(15)13(20)10(12)17/h2-4,6,8-9,14,16,18H,1,5,20H2/t6-,8-,9-,11-/m1/s1. The second-order valence-electron chi connectivity index (χ2n) is 4.46. The monoisotopic (exact) mass is 302 g/mol. The third kappa shape index (κ3) is 2.06. The Morgan fingerprint density at radius 1 is 1.55 bits per heavy atom. The number of nitrogens with zero attached hydrogens (tertiary/aromatic N) is 2. The van der Waals surface area contributed by atoms with Gasteiger partial charge >= 0.3 is 5.69 Å². The summed E-state index contributed by atoms with van der Waals surface area (Å²) in [7, 11) is 1.95. The lowest BCUT2D eigenvalue weighted by atomic mass is 9.94. The van der Waals surface area contributed by atoms with Crippen LogP contribution in [0.2, 0.25) is 0 Å². The van der Waals surface area contributed by atoms with E-state index in [1.165, 1.54) is 0 Å². The maximum absolute atomic E-state index is 12.0. The smallest absolute Gasteiger partial charge is 0.336 e. The quantitative estimate of drug-likeness (QED) is 0.432. The summed E-state index contributed by atoms with van der Waals surface area (Å²) in [4.78, 5) is 23.4.